The lowest BCUT2D eigenvalue weighted by Crippen LogP contribution is -2.37. The molecule has 2 aliphatic heterocycles. The van der Waals surface area contributed by atoms with E-state index in [9.17, 15) is 0 Å². The number of para-hydroxylation sites is 4. The van der Waals surface area contributed by atoms with E-state index < -0.39 is 7.59 Å². The summed E-state index contributed by atoms with van der Waals surface area (Å²) < 4.78 is 26.6. The highest BCUT2D eigenvalue weighted by molar-refractivity contribution is 7.59. The van der Waals surface area contributed by atoms with Crippen LogP contribution in [-0.2, 0) is 4.57 Å². The molecule has 0 bridgehead atoms. The Balaban J connectivity index is 1.70. The number of nitrogens with two attached hydrogens (primary N) is 1. The first kappa shape index (κ1) is 48.1. The second-order valence-corrected chi connectivity index (χ2v) is 22.0. The Morgan fingerprint density at radius 2 is 0.524 bits per heavy atom. The van der Waals surface area contributed by atoms with Gasteiger partial charge in [-0.25, -0.2) is 5.50 Å². The maximum atomic E-state index is 15.9. The predicted octanol–water partition coefficient (Wildman–Crippen LogP) is 14.8. The van der Waals surface area contributed by atoms with Crippen LogP contribution >= 0.6 is 7.59 Å². The largest absolute Gasteiger partial charge is 0.373 e. The van der Waals surface area contributed by atoms with Gasteiger partial charge in [0.1, 0.15) is 0 Å². The van der Waals surface area contributed by atoms with Crippen LogP contribution in [0.5, 0.6) is 0 Å². The Morgan fingerprint density at radius 3 is 0.667 bits per heavy atom. The zero-order chi connectivity index (χ0) is 46.2. The van der Waals surface area contributed by atoms with Crippen molar-refractivity contribution in [3.8, 4) is 0 Å². The average molecular weight is 872 g/mol. The van der Waals surface area contributed by atoms with Gasteiger partial charge in [0.05, 0.1) is 22.7 Å². The quantitative estimate of drug-likeness (QED) is 0.127. The highest BCUT2D eigenvalue weighted by atomic mass is 31.2. The highest BCUT2D eigenvalue weighted by Gasteiger charge is 2.40. The van der Waals surface area contributed by atoms with Gasteiger partial charge in [0.15, 0.2) is 0 Å². The Morgan fingerprint density at radius 1 is 0.365 bits per heavy atom. The normalized spacial score (nSPS) is 15.2. The lowest BCUT2D eigenvalue weighted by atomic mass is 9.91. The summed E-state index contributed by atoms with van der Waals surface area (Å²) in [5.41, 5.74) is 21.7. The molecule has 6 rings (SSSR count). The molecule has 8 nitrogen and oxygen atoms in total. The first-order chi connectivity index (χ1) is 29.7. The van der Waals surface area contributed by atoms with Crippen LogP contribution in [0.3, 0.4) is 0 Å². The molecule has 4 aromatic carbocycles. The van der Waals surface area contributed by atoms with Gasteiger partial charge in [-0.3, -0.25) is 4.57 Å². The first-order valence-corrected chi connectivity index (χ1v) is 25.5. The zero-order valence-electron chi connectivity index (χ0n) is 41.5. The minimum atomic E-state index is -4.22. The maximum absolute atomic E-state index is 15.9. The summed E-state index contributed by atoms with van der Waals surface area (Å²) in [5.74, 6) is 3.21. The van der Waals surface area contributed by atoms with Gasteiger partial charge in [0.25, 0.3) is 0 Å². The maximum Gasteiger partial charge on any atom is 0.373 e. The Kier molecular flexibility index (Phi) is 14.8. The third-order valence-electron chi connectivity index (χ3n) is 13.0. The molecule has 2 saturated heterocycles. The van der Waals surface area contributed by atoms with E-state index in [-0.39, 0.29) is 47.3 Å². The number of anilines is 4. The van der Waals surface area contributed by atoms with E-state index in [0.29, 0.717) is 38.1 Å². The van der Waals surface area contributed by atoms with Crippen molar-refractivity contribution in [1.82, 2.24) is 0 Å². The van der Waals surface area contributed by atoms with Crippen LogP contribution in [0.2, 0.25) is 0 Å². The van der Waals surface area contributed by atoms with Crippen molar-refractivity contribution < 1.29 is 4.57 Å². The van der Waals surface area contributed by atoms with E-state index in [0.717, 1.165) is 22.7 Å². The monoisotopic (exact) mass is 872 g/mol. The average Bonchev–Trinajstić information content (AvgIpc) is 3.81. The fourth-order valence-corrected chi connectivity index (χ4v) is 10.7. The van der Waals surface area contributed by atoms with Gasteiger partial charge in [-0.1, -0.05) is 184 Å². The molecule has 2 heterocycles. The summed E-state index contributed by atoms with van der Waals surface area (Å²) in [7, 11) is -4.22. The summed E-state index contributed by atoms with van der Waals surface area (Å²) in [6, 6.07) is 26.6. The standard InChI is InChI=1S/C54H78N7OP/c1-33(2)41-21-17-22-42(34(3)4)49(41)58-29-30-59(50-43(35(5)6)23-18-24-44(50)36(7)8)53(58)56-63(55,62)57-54-60(51-45(37(9)10)25-19-26-46(51)38(11)12)31-32-61(54)52-47(39(13)14)27-20-28-48(52)40(15)16/h17-28,33-40H,29-32H2,1-16H3,(H2,55,62). The van der Waals surface area contributed by atoms with Crippen LogP contribution in [0, 0.1) is 0 Å². The second-order valence-electron chi connectivity index (χ2n) is 20.4. The fourth-order valence-electron chi connectivity index (χ4n) is 9.73. The van der Waals surface area contributed by atoms with Crippen molar-refractivity contribution >= 4 is 42.3 Å². The molecule has 0 spiro atoms. The number of hydrogen-bond acceptors (Lipinski definition) is 1. The summed E-state index contributed by atoms with van der Waals surface area (Å²) >= 11 is 0. The van der Waals surface area contributed by atoms with Crippen LogP contribution in [0.25, 0.3) is 0 Å². The molecule has 0 aliphatic carbocycles. The first-order valence-electron chi connectivity index (χ1n) is 23.9. The molecule has 2 fully saturated rings. The molecule has 0 aromatic heterocycles. The van der Waals surface area contributed by atoms with E-state index >= 15 is 4.57 Å². The summed E-state index contributed by atoms with van der Waals surface area (Å²) in [6.45, 7) is 38.7. The molecule has 2 aliphatic rings. The molecule has 63 heavy (non-hydrogen) atoms. The van der Waals surface area contributed by atoms with Crippen LogP contribution in [0.4, 0.5) is 22.7 Å². The summed E-state index contributed by atoms with van der Waals surface area (Å²) in [6.07, 6.45) is 0. The summed E-state index contributed by atoms with van der Waals surface area (Å²) in [4.78, 5) is 9.24. The Bertz CT molecular complexity index is 1960. The van der Waals surface area contributed by atoms with Gasteiger partial charge in [-0.15, -0.1) is 0 Å². The molecule has 340 valence electrons. The zero-order valence-corrected chi connectivity index (χ0v) is 42.4. The number of hydrogen-bond donors (Lipinski definition) is 1. The molecule has 0 unspecified atom stereocenters. The Labute approximate surface area is 381 Å². The summed E-state index contributed by atoms with van der Waals surface area (Å²) in [5, 5.41) is 0. The minimum absolute atomic E-state index is 0.251. The van der Waals surface area contributed by atoms with E-state index in [1.54, 1.807) is 0 Å². The SMILES string of the molecule is CC(C)c1cccc(C(C)C)c1N1CCN(c2c(C(C)C)cccc2C(C)C)C1=NP(N)(=O)N=C1N(c2c(C(C)C)cccc2C(C)C)CCN1c1c(C(C)C)cccc1C(C)C. The van der Waals surface area contributed by atoms with Crippen LogP contribution < -0.4 is 25.1 Å². The van der Waals surface area contributed by atoms with Crippen molar-refractivity contribution in [3.63, 3.8) is 0 Å². The molecule has 4 aromatic rings. The van der Waals surface area contributed by atoms with E-state index in [1.807, 2.05) is 0 Å². The molecule has 0 amide bonds. The van der Waals surface area contributed by atoms with E-state index in [4.69, 9.17) is 15.0 Å². The fraction of sp³-hybridized carbons (Fsp3) is 0.519. The van der Waals surface area contributed by atoms with Gasteiger partial charge in [-0.2, -0.15) is 9.53 Å². The molecular formula is C54H78N7OP. The molecular weight excluding hydrogens is 794 g/mol. The highest BCUT2D eigenvalue weighted by Crippen LogP contribution is 2.49. The van der Waals surface area contributed by atoms with E-state index in [1.165, 1.54) is 44.5 Å². The molecule has 9 heteroatoms. The number of rotatable bonds is 14. The predicted molar refractivity (Wildman–Crippen MR) is 275 cm³/mol. The number of nitrogens with zero attached hydrogens (tertiary/aromatic N) is 6. The van der Waals surface area contributed by atoms with Crippen LogP contribution in [-0.4, -0.2) is 38.1 Å². The molecule has 0 radical (unpaired) electrons. The Hall–Kier alpha value is -4.39. The van der Waals surface area contributed by atoms with E-state index in [2.05, 4.69) is 203 Å². The minimum Gasteiger partial charge on any atom is -0.309 e. The lowest BCUT2D eigenvalue weighted by molar-refractivity contribution is 0.578. The van der Waals surface area contributed by atoms with Crippen molar-refractivity contribution in [2.75, 3.05) is 45.8 Å². The topological polar surface area (TPSA) is 80.8 Å². The van der Waals surface area contributed by atoms with Crippen molar-refractivity contribution in [2.24, 2.45) is 15.0 Å². The van der Waals surface area contributed by atoms with Gasteiger partial charge in [-0.05, 0) is 91.9 Å². The smallest absolute Gasteiger partial charge is 0.309 e. The number of guanidine groups is 2. The van der Waals surface area contributed by atoms with Crippen molar-refractivity contribution in [2.45, 2.75) is 158 Å². The molecule has 0 saturated carbocycles. The van der Waals surface area contributed by atoms with Gasteiger partial charge >= 0.3 is 7.59 Å². The second kappa shape index (κ2) is 19.4. The van der Waals surface area contributed by atoms with Gasteiger partial charge < -0.3 is 19.6 Å². The van der Waals surface area contributed by atoms with Crippen molar-refractivity contribution in [3.05, 3.63) is 117 Å². The van der Waals surface area contributed by atoms with Gasteiger partial charge in [0, 0.05) is 26.2 Å². The van der Waals surface area contributed by atoms with Crippen molar-refractivity contribution in [1.29, 1.82) is 0 Å². The third kappa shape index (κ3) is 9.69. The molecule has 2 N–H and O–H groups in total. The van der Waals surface area contributed by atoms with Gasteiger partial charge in [0.2, 0.25) is 11.9 Å². The third-order valence-corrected chi connectivity index (χ3v) is 13.9. The lowest BCUT2D eigenvalue weighted by Gasteiger charge is -2.33. The molecule has 0 atom stereocenters. The number of benzene rings is 4. The van der Waals surface area contributed by atoms with Crippen LogP contribution in [0.15, 0.2) is 82.3 Å². The van der Waals surface area contributed by atoms with Crippen LogP contribution in [0.1, 0.15) is 203 Å².